The highest BCUT2D eigenvalue weighted by molar-refractivity contribution is 4.87. The third-order valence-corrected chi connectivity index (χ3v) is 2.56. The first kappa shape index (κ1) is 10.0. The third-order valence-electron chi connectivity index (χ3n) is 2.56. The molecule has 0 aromatic rings. The Kier molecular flexibility index (Phi) is 4.02. The smallest absolute Gasteiger partial charge is 0.0195 e. The molecule has 0 saturated heterocycles. The Labute approximate surface area is 76.3 Å². The van der Waals surface area contributed by atoms with E-state index in [4.69, 9.17) is 0 Å². The number of hydrogen-bond acceptors (Lipinski definition) is 2. The Morgan fingerprint density at radius 2 is 2.17 bits per heavy atom. The lowest BCUT2D eigenvalue weighted by atomic mass is 10.2. The van der Waals surface area contributed by atoms with Crippen molar-refractivity contribution in [1.82, 2.24) is 10.2 Å². The van der Waals surface area contributed by atoms with Crippen molar-refractivity contribution in [1.29, 1.82) is 0 Å². The van der Waals surface area contributed by atoms with E-state index in [1.165, 1.54) is 25.8 Å². The molecule has 1 N–H and O–H groups in total. The summed E-state index contributed by atoms with van der Waals surface area (Å²) in [6.45, 7) is 6.98. The highest BCUT2D eigenvalue weighted by atomic mass is 15.2. The van der Waals surface area contributed by atoms with Gasteiger partial charge in [-0.1, -0.05) is 6.92 Å². The predicted molar refractivity (Wildman–Crippen MR) is 53.4 cm³/mol. The monoisotopic (exact) mass is 170 g/mol. The zero-order valence-corrected chi connectivity index (χ0v) is 8.64. The lowest BCUT2D eigenvalue weighted by molar-refractivity contribution is 0.197. The minimum atomic E-state index is 0.711. The van der Waals surface area contributed by atoms with Gasteiger partial charge in [0.1, 0.15) is 0 Å². The summed E-state index contributed by atoms with van der Waals surface area (Å²) < 4.78 is 0. The number of hydrogen-bond donors (Lipinski definition) is 1. The van der Waals surface area contributed by atoms with Crippen LogP contribution in [0.4, 0.5) is 0 Å². The summed E-state index contributed by atoms with van der Waals surface area (Å²) in [4.78, 5) is 2.65. The van der Waals surface area contributed by atoms with Crippen LogP contribution in [0.5, 0.6) is 0 Å². The Morgan fingerprint density at radius 3 is 2.58 bits per heavy atom. The van der Waals surface area contributed by atoms with E-state index in [-0.39, 0.29) is 0 Å². The predicted octanol–water partition coefficient (Wildman–Crippen LogP) is 1.47. The zero-order chi connectivity index (χ0) is 8.97. The molecule has 1 fully saturated rings. The van der Waals surface area contributed by atoms with E-state index >= 15 is 0 Å². The van der Waals surface area contributed by atoms with Crippen molar-refractivity contribution in [2.75, 3.05) is 20.1 Å². The molecule has 0 amide bonds. The van der Waals surface area contributed by atoms with E-state index in [0.717, 1.165) is 12.6 Å². The van der Waals surface area contributed by atoms with Crippen LogP contribution in [-0.4, -0.2) is 37.1 Å². The largest absolute Gasteiger partial charge is 0.318 e. The molecule has 1 saturated carbocycles. The molecule has 0 aromatic heterocycles. The lowest BCUT2D eigenvalue weighted by Crippen LogP contribution is -2.41. The van der Waals surface area contributed by atoms with Gasteiger partial charge in [-0.25, -0.2) is 0 Å². The van der Waals surface area contributed by atoms with Crippen LogP contribution in [0.15, 0.2) is 0 Å². The topological polar surface area (TPSA) is 15.3 Å². The second-order valence-electron chi connectivity index (χ2n) is 3.88. The quantitative estimate of drug-likeness (QED) is 0.649. The van der Waals surface area contributed by atoms with Crippen molar-refractivity contribution >= 4 is 0 Å². The number of rotatable bonds is 6. The van der Waals surface area contributed by atoms with Gasteiger partial charge >= 0.3 is 0 Å². The molecule has 0 aromatic carbocycles. The van der Waals surface area contributed by atoms with Crippen LogP contribution in [0, 0.1) is 0 Å². The van der Waals surface area contributed by atoms with Gasteiger partial charge in [0.15, 0.2) is 0 Å². The van der Waals surface area contributed by atoms with E-state index in [0.29, 0.717) is 6.04 Å². The highest BCUT2D eigenvalue weighted by Crippen LogP contribution is 2.28. The molecule has 1 unspecified atom stereocenters. The van der Waals surface area contributed by atoms with Gasteiger partial charge in [-0.2, -0.15) is 0 Å². The van der Waals surface area contributed by atoms with Gasteiger partial charge < -0.3 is 5.32 Å². The Bertz CT molecular complexity index is 121. The summed E-state index contributed by atoms with van der Waals surface area (Å²) in [6, 6.07) is 1.62. The Hall–Kier alpha value is -0.0800. The number of likely N-dealkylation sites (N-methyl/N-ethyl adjacent to an activating group) is 1. The van der Waals surface area contributed by atoms with Gasteiger partial charge in [0, 0.05) is 18.6 Å². The van der Waals surface area contributed by atoms with Gasteiger partial charge in [-0.15, -0.1) is 0 Å². The van der Waals surface area contributed by atoms with Crippen LogP contribution in [-0.2, 0) is 0 Å². The van der Waals surface area contributed by atoms with Crippen molar-refractivity contribution < 1.29 is 0 Å². The molecule has 2 nitrogen and oxygen atoms in total. The zero-order valence-electron chi connectivity index (χ0n) is 8.64. The Morgan fingerprint density at radius 1 is 1.50 bits per heavy atom. The molecule has 0 spiro atoms. The molecule has 0 bridgehead atoms. The lowest BCUT2D eigenvalue weighted by Gasteiger charge is -2.28. The van der Waals surface area contributed by atoms with Crippen LogP contribution in [0.1, 0.15) is 33.1 Å². The normalized spacial score (nSPS) is 20.0. The summed E-state index contributed by atoms with van der Waals surface area (Å²) in [5, 5.41) is 3.25. The molecular formula is C10H22N2. The molecule has 0 aliphatic heterocycles. The van der Waals surface area contributed by atoms with Gasteiger partial charge in [-0.05, 0) is 39.8 Å². The maximum absolute atomic E-state index is 3.25. The van der Waals surface area contributed by atoms with Gasteiger partial charge in [-0.3, -0.25) is 4.90 Å². The summed E-state index contributed by atoms with van der Waals surface area (Å²) in [7, 11) is 2.04. The van der Waals surface area contributed by atoms with Crippen molar-refractivity contribution in [3.63, 3.8) is 0 Å². The molecule has 72 valence electrons. The summed E-state index contributed by atoms with van der Waals surface area (Å²) >= 11 is 0. The fourth-order valence-electron chi connectivity index (χ4n) is 1.84. The number of nitrogens with one attached hydrogen (secondary N) is 1. The average molecular weight is 170 g/mol. The van der Waals surface area contributed by atoms with Gasteiger partial charge in [0.2, 0.25) is 0 Å². The maximum atomic E-state index is 3.25. The molecule has 0 heterocycles. The standard InChI is InChI=1S/C10H22N2/c1-4-7-12(10-5-6-10)9(2)8-11-3/h9-11H,4-8H2,1-3H3. The second kappa shape index (κ2) is 4.83. The SMILES string of the molecule is CCCN(C(C)CNC)C1CC1. The van der Waals surface area contributed by atoms with Gasteiger partial charge in [0.05, 0.1) is 0 Å². The average Bonchev–Trinajstić information content (AvgIpc) is 2.83. The molecule has 1 atom stereocenters. The van der Waals surface area contributed by atoms with Crippen LogP contribution >= 0.6 is 0 Å². The van der Waals surface area contributed by atoms with E-state index in [1.54, 1.807) is 0 Å². The van der Waals surface area contributed by atoms with Gasteiger partial charge in [0.25, 0.3) is 0 Å². The first-order chi connectivity index (χ1) is 5.79. The van der Waals surface area contributed by atoms with Crippen LogP contribution in [0.2, 0.25) is 0 Å². The van der Waals surface area contributed by atoms with E-state index in [1.807, 2.05) is 7.05 Å². The van der Waals surface area contributed by atoms with Crippen LogP contribution < -0.4 is 5.32 Å². The molecule has 1 aliphatic rings. The van der Waals surface area contributed by atoms with Crippen molar-refractivity contribution in [2.45, 2.75) is 45.2 Å². The van der Waals surface area contributed by atoms with Crippen molar-refractivity contribution in [2.24, 2.45) is 0 Å². The maximum Gasteiger partial charge on any atom is 0.0195 e. The fraction of sp³-hybridized carbons (Fsp3) is 1.00. The summed E-state index contributed by atoms with van der Waals surface area (Å²) in [6.07, 6.45) is 4.13. The highest BCUT2D eigenvalue weighted by Gasteiger charge is 2.30. The third kappa shape index (κ3) is 2.76. The number of nitrogens with zero attached hydrogens (tertiary/aromatic N) is 1. The molecule has 12 heavy (non-hydrogen) atoms. The minimum absolute atomic E-state index is 0.711. The molecule has 1 aliphatic carbocycles. The molecule has 0 radical (unpaired) electrons. The summed E-state index contributed by atoms with van der Waals surface area (Å²) in [5.74, 6) is 0. The van der Waals surface area contributed by atoms with E-state index < -0.39 is 0 Å². The second-order valence-corrected chi connectivity index (χ2v) is 3.88. The van der Waals surface area contributed by atoms with Crippen LogP contribution in [0.25, 0.3) is 0 Å². The molecule has 2 heteroatoms. The van der Waals surface area contributed by atoms with Crippen molar-refractivity contribution in [3.05, 3.63) is 0 Å². The summed E-state index contributed by atoms with van der Waals surface area (Å²) in [5.41, 5.74) is 0. The minimum Gasteiger partial charge on any atom is -0.318 e. The fourth-order valence-corrected chi connectivity index (χ4v) is 1.84. The molecular weight excluding hydrogens is 148 g/mol. The van der Waals surface area contributed by atoms with E-state index in [2.05, 4.69) is 24.1 Å². The molecule has 1 rings (SSSR count). The van der Waals surface area contributed by atoms with Crippen LogP contribution in [0.3, 0.4) is 0 Å². The van der Waals surface area contributed by atoms with E-state index in [9.17, 15) is 0 Å². The first-order valence-corrected chi connectivity index (χ1v) is 5.20. The van der Waals surface area contributed by atoms with Crippen molar-refractivity contribution in [3.8, 4) is 0 Å². The first-order valence-electron chi connectivity index (χ1n) is 5.20. The Balaban J connectivity index is 2.29.